The van der Waals surface area contributed by atoms with Crippen LogP contribution in [0.1, 0.15) is 25.0 Å². The molecule has 0 N–H and O–H groups in total. The number of thiazole rings is 1. The first kappa shape index (κ1) is 16.4. The van der Waals surface area contributed by atoms with Crippen molar-refractivity contribution in [1.29, 1.82) is 0 Å². The third kappa shape index (κ3) is 3.94. The van der Waals surface area contributed by atoms with Crippen LogP contribution in [0.5, 0.6) is 0 Å². The molecular formula is C20H21N3OS. The molecule has 5 heteroatoms. The maximum Gasteiger partial charge on any atom is 0.152 e. The zero-order valence-electron chi connectivity index (χ0n) is 14.1. The molecule has 1 aliphatic heterocycles. The number of nitrogens with zero attached hydrogens (tertiary/aromatic N) is 3. The van der Waals surface area contributed by atoms with Gasteiger partial charge >= 0.3 is 0 Å². The molecule has 3 heterocycles. The molecule has 1 saturated heterocycles. The third-order valence-electron chi connectivity index (χ3n) is 4.72. The largest absolute Gasteiger partial charge is 0.298 e. The Kier molecular flexibility index (Phi) is 4.85. The maximum absolute atomic E-state index is 12.4. The van der Waals surface area contributed by atoms with Gasteiger partial charge in [0.15, 0.2) is 5.78 Å². The number of fused-ring (bicyclic) bond motifs is 1. The first-order valence-electron chi connectivity index (χ1n) is 8.79. The van der Waals surface area contributed by atoms with Gasteiger partial charge in [0.1, 0.15) is 0 Å². The van der Waals surface area contributed by atoms with Crippen molar-refractivity contribution < 1.29 is 4.79 Å². The van der Waals surface area contributed by atoms with E-state index in [1.54, 1.807) is 11.3 Å². The summed E-state index contributed by atoms with van der Waals surface area (Å²) >= 11 is 1.63. The van der Waals surface area contributed by atoms with Crippen molar-refractivity contribution in [3.8, 4) is 10.4 Å². The van der Waals surface area contributed by atoms with E-state index in [9.17, 15) is 4.79 Å². The van der Waals surface area contributed by atoms with E-state index in [2.05, 4.69) is 33.1 Å². The number of aromatic nitrogens is 2. The number of carbonyl (C=O) groups excluding carboxylic acids is 1. The molecule has 0 aliphatic carbocycles. The molecule has 0 unspecified atom stereocenters. The molecule has 0 atom stereocenters. The Labute approximate surface area is 151 Å². The van der Waals surface area contributed by atoms with Crippen LogP contribution in [0.15, 0.2) is 42.2 Å². The van der Waals surface area contributed by atoms with Gasteiger partial charge in [0.2, 0.25) is 0 Å². The Morgan fingerprint density at radius 2 is 1.96 bits per heavy atom. The smallest absolute Gasteiger partial charge is 0.152 e. The van der Waals surface area contributed by atoms with Gasteiger partial charge in [-0.3, -0.25) is 19.7 Å². The highest BCUT2D eigenvalue weighted by Crippen LogP contribution is 2.27. The highest BCUT2D eigenvalue weighted by atomic mass is 32.1. The quantitative estimate of drug-likeness (QED) is 0.698. The van der Waals surface area contributed by atoms with Crippen molar-refractivity contribution in [2.45, 2.75) is 25.7 Å². The van der Waals surface area contributed by atoms with Gasteiger partial charge in [0, 0.05) is 23.5 Å². The lowest BCUT2D eigenvalue weighted by Crippen LogP contribution is -2.35. The van der Waals surface area contributed by atoms with Crippen LogP contribution < -0.4 is 0 Å². The van der Waals surface area contributed by atoms with Crippen molar-refractivity contribution in [3.63, 3.8) is 0 Å². The summed E-state index contributed by atoms with van der Waals surface area (Å²) in [4.78, 5) is 24.4. The summed E-state index contributed by atoms with van der Waals surface area (Å²) in [7, 11) is 0. The van der Waals surface area contributed by atoms with E-state index in [-0.39, 0.29) is 5.78 Å². The SMILES string of the molecule is O=C(Cc1cc2cc(-c3cncs3)ccc2cn1)CN1CCCCC1. The van der Waals surface area contributed by atoms with Crippen LogP contribution in [0.3, 0.4) is 0 Å². The number of benzene rings is 1. The molecule has 0 bridgehead atoms. The third-order valence-corrected chi connectivity index (χ3v) is 5.54. The lowest BCUT2D eigenvalue weighted by molar-refractivity contribution is -0.119. The lowest BCUT2D eigenvalue weighted by Gasteiger charge is -2.25. The van der Waals surface area contributed by atoms with Crippen molar-refractivity contribution >= 4 is 27.9 Å². The second kappa shape index (κ2) is 7.42. The number of likely N-dealkylation sites (tertiary alicyclic amines) is 1. The van der Waals surface area contributed by atoms with Crippen LogP contribution >= 0.6 is 11.3 Å². The van der Waals surface area contributed by atoms with Crippen LogP contribution in [0.4, 0.5) is 0 Å². The molecule has 128 valence electrons. The van der Waals surface area contributed by atoms with Crippen molar-refractivity contribution in [2.24, 2.45) is 0 Å². The standard InChI is InChI=1S/C20H21N3OS/c24-19(13-23-6-2-1-3-7-23)10-18-9-17-8-15(20-12-21-14-25-20)4-5-16(17)11-22-18/h4-5,8-9,11-12,14H,1-3,6-7,10,13H2. The number of Topliss-reactive ketones (excluding diaryl/α,β-unsaturated/α-hetero) is 1. The molecule has 4 rings (SSSR count). The molecule has 1 fully saturated rings. The van der Waals surface area contributed by atoms with E-state index in [0.29, 0.717) is 13.0 Å². The normalized spacial score (nSPS) is 15.5. The Morgan fingerprint density at radius 3 is 2.76 bits per heavy atom. The molecule has 0 radical (unpaired) electrons. The summed E-state index contributed by atoms with van der Waals surface area (Å²) in [6, 6.07) is 8.38. The van der Waals surface area contributed by atoms with E-state index in [1.165, 1.54) is 19.3 Å². The van der Waals surface area contributed by atoms with Gasteiger partial charge in [0.05, 0.1) is 23.4 Å². The summed E-state index contributed by atoms with van der Waals surface area (Å²) in [6.07, 6.45) is 7.88. The minimum atomic E-state index is 0.257. The Hall–Kier alpha value is -2.11. The first-order chi connectivity index (χ1) is 12.3. The molecule has 2 aromatic heterocycles. The van der Waals surface area contributed by atoms with E-state index >= 15 is 0 Å². The molecule has 0 saturated carbocycles. The van der Waals surface area contributed by atoms with Gasteiger partial charge in [-0.25, -0.2) is 0 Å². The fourth-order valence-corrected chi connectivity index (χ4v) is 4.04. The second-order valence-electron chi connectivity index (χ2n) is 6.66. The molecular weight excluding hydrogens is 330 g/mol. The van der Waals surface area contributed by atoms with Crippen LogP contribution in [-0.4, -0.2) is 40.3 Å². The minimum absolute atomic E-state index is 0.257. The summed E-state index contributed by atoms with van der Waals surface area (Å²) in [5.74, 6) is 0.257. The fraction of sp³-hybridized carbons (Fsp3) is 0.350. The fourth-order valence-electron chi connectivity index (χ4n) is 3.42. The predicted octanol–water partition coefficient (Wildman–Crippen LogP) is 3.96. The lowest BCUT2D eigenvalue weighted by atomic mass is 10.1. The average molecular weight is 351 g/mol. The minimum Gasteiger partial charge on any atom is -0.298 e. The molecule has 4 nitrogen and oxygen atoms in total. The number of hydrogen-bond donors (Lipinski definition) is 0. The van der Waals surface area contributed by atoms with Gasteiger partial charge in [0.25, 0.3) is 0 Å². The Bertz CT molecular complexity index is 870. The summed E-state index contributed by atoms with van der Waals surface area (Å²) in [5, 5.41) is 2.22. The predicted molar refractivity (Wildman–Crippen MR) is 102 cm³/mol. The van der Waals surface area contributed by atoms with Crippen molar-refractivity contribution in [3.05, 3.63) is 47.9 Å². The van der Waals surface area contributed by atoms with Crippen LogP contribution in [-0.2, 0) is 11.2 Å². The number of pyridine rings is 1. The van der Waals surface area contributed by atoms with E-state index < -0.39 is 0 Å². The van der Waals surface area contributed by atoms with Crippen LogP contribution in [0.25, 0.3) is 21.2 Å². The Morgan fingerprint density at radius 1 is 1.08 bits per heavy atom. The number of hydrogen-bond acceptors (Lipinski definition) is 5. The van der Waals surface area contributed by atoms with Crippen LogP contribution in [0.2, 0.25) is 0 Å². The summed E-state index contributed by atoms with van der Waals surface area (Å²) in [6.45, 7) is 2.66. The Balaban J connectivity index is 1.50. The van der Waals surface area contributed by atoms with Gasteiger partial charge in [-0.1, -0.05) is 18.6 Å². The van der Waals surface area contributed by atoms with Gasteiger partial charge < -0.3 is 0 Å². The number of rotatable bonds is 5. The van der Waals surface area contributed by atoms with Gasteiger partial charge in [-0.05, 0) is 49.0 Å². The van der Waals surface area contributed by atoms with E-state index in [4.69, 9.17) is 0 Å². The first-order valence-corrected chi connectivity index (χ1v) is 9.67. The zero-order valence-corrected chi connectivity index (χ0v) is 15.0. The highest BCUT2D eigenvalue weighted by molar-refractivity contribution is 7.13. The number of piperidine rings is 1. The van der Waals surface area contributed by atoms with E-state index in [0.717, 1.165) is 40.0 Å². The molecule has 1 aliphatic rings. The monoisotopic (exact) mass is 351 g/mol. The summed E-state index contributed by atoms with van der Waals surface area (Å²) in [5.41, 5.74) is 3.86. The molecule has 0 amide bonds. The molecule has 1 aromatic carbocycles. The second-order valence-corrected chi connectivity index (χ2v) is 7.54. The topological polar surface area (TPSA) is 46.1 Å². The highest BCUT2D eigenvalue weighted by Gasteiger charge is 2.14. The maximum atomic E-state index is 12.4. The average Bonchev–Trinajstić information content (AvgIpc) is 3.16. The van der Waals surface area contributed by atoms with Gasteiger partial charge in [-0.15, -0.1) is 11.3 Å². The van der Waals surface area contributed by atoms with E-state index in [1.807, 2.05) is 24.0 Å². The zero-order chi connectivity index (χ0) is 17.1. The van der Waals surface area contributed by atoms with Crippen LogP contribution in [0, 0.1) is 0 Å². The molecule has 25 heavy (non-hydrogen) atoms. The van der Waals surface area contributed by atoms with Crippen molar-refractivity contribution in [2.75, 3.05) is 19.6 Å². The summed E-state index contributed by atoms with van der Waals surface area (Å²) < 4.78 is 0. The number of ketones is 1. The molecule has 0 spiro atoms. The molecule has 3 aromatic rings. The number of carbonyl (C=O) groups is 1. The van der Waals surface area contributed by atoms with Crippen molar-refractivity contribution in [1.82, 2.24) is 14.9 Å². The van der Waals surface area contributed by atoms with Gasteiger partial charge in [-0.2, -0.15) is 0 Å².